The summed E-state index contributed by atoms with van der Waals surface area (Å²) >= 11 is 0. The lowest BCUT2D eigenvalue weighted by atomic mass is 9.74. The van der Waals surface area contributed by atoms with E-state index < -0.39 is 23.9 Å². The van der Waals surface area contributed by atoms with Gasteiger partial charge >= 0.3 is 11.9 Å². The number of benzene rings is 3. The number of hydrogen-bond acceptors (Lipinski definition) is 6. The highest BCUT2D eigenvalue weighted by atomic mass is 19.3. The number of carbonyl (C=O) groups is 2. The Bertz CT molecular complexity index is 1280. The van der Waals surface area contributed by atoms with Crippen LogP contribution < -0.4 is 9.47 Å². The summed E-state index contributed by atoms with van der Waals surface area (Å²) in [5.74, 6) is -1.11. The zero-order valence-corrected chi connectivity index (χ0v) is 21.1. The molecule has 0 spiro atoms. The number of fused-ring (bicyclic) bond motifs is 1. The van der Waals surface area contributed by atoms with Crippen LogP contribution in [0.5, 0.6) is 11.5 Å². The Hall–Kier alpha value is -3.68. The van der Waals surface area contributed by atoms with Crippen LogP contribution in [0, 0.1) is 5.41 Å². The molecule has 1 aliphatic carbocycles. The Balaban J connectivity index is 1.42. The SMILES string of the molecule is COC(=O)c1cc(OC2CCC(C)(C(=O)OCc3cccc4ccccc34)CC2)c(C(F)F)cc1OC. The van der Waals surface area contributed by atoms with Gasteiger partial charge in [0.1, 0.15) is 23.7 Å². The van der Waals surface area contributed by atoms with Crippen LogP contribution in [0.2, 0.25) is 0 Å². The van der Waals surface area contributed by atoms with Crippen LogP contribution in [0.1, 0.15) is 60.5 Å². The third-order valence-corrected chi connectivity index (χ3v) is 7.03. The molecule has 196 valence electrons. The topological polar surface area (TPSA) is 71.1 Å². The number of hydrogen-bond donors (Lipinski definition) is 0. The van der Waals surface area contributed by atoms with Gasteiger partial charge < -0.3 is 18.9 Å². The first-order chi connectivity index (χ1) is 17.8. The molecule has 4 rings (SSSR count). The van der Waals surface area contributed by atoms with E-state index in [4.69, 9.17) is 18.9 Å². The van der Waals surface area contributed by atoms with E-state index >= 15 is 0 Å². The maximum atomic E-state index is 13.8. The van der Waals surface area contributed by atoms with Gasteiger partial charge in [0.25, 0.3) is 6.43 Å². The highest BCUT2D eigenvalue weighted by molar-refractivity contribution is 5.93. The van der Waals surface area contributed by atoms with Crippen LogP contribution in [-0.4, -0.2) is 32.3 Å². The van der Waals surface area contributed by atoms with E-state index in [9.17, 15) is 18.4 Å². The molecule has 1 saturated carbocycles. The molecule has 0 atom stereocenters. The standard InChI is InChI=1S/C29H30F2O6/c1-29(28(33)36-17-19-9-6-8-18-7-4-5-10-21(18)19)13-11-20(12-14-29)37-25-16-23(27(32)35-3)24(34-2)15-22(25)26(30)31/h4-10,15-16,20,26H,11-14,17H2,1-3H3. The molecule has 0 amide bonds. The van der Waals surface area contributed by atoms with Crippen LogP contribution >= 0.6 is 0 Å². The van der Waals surface area contributed by atoms with Gasteiger partial charge in [-0.2, -0.15) is 0 Å². The van der Waals surface area contributed by atoms with E-state index in [1.807, 2.05) is 49.4 Å². The Morgan fingerprint density at radius 1 is 1.00 bits per heavy atom. The lowest BCUT2D eigenvalue weighted by Crippen LogP contribution is -2.37. The monoisotopic (exact) mass is 512 g/mol. The molecule has 0 aliphatic heterocycles. The predicted octanol–water partition coefficient (Wildman–Crippen LogP) is 6.64. The second-order valence-corrected chi connectivity index (χ2v) is 9.47. The molecule has 1 fully saturated rings. The van der Waals surface area contributed by atoms with Crippen molar-refractivity contribution in [3.63, 3.8) is 0 Å². The number of alkyl halides is 2. The number of esters is 2. The second kappa shape index (κ2) is 11.2. The fraction of sp³-hybridized carbons (Fsp3) is 0.379. The Morgan fingerprint density at radius 3 is 2.38 bits per heavy atom. The largest absolute Gasteiger partial charge is 0.496 e. The second-order valence-electron chi connectivity index (χ2n) is 9.47. The van der Waals surface area contributed by atoms with Crippen molar-refractivity contribution in [1.82, 2.24) is 0 Å². The van der Waals surface area contributed by atoms with E-state index in [0.29, 0.717) is 25.7 Å². The molecule has 0 saturated heterocycles. The van der Waals surface area contributed by atoms with Gasteiger partial charge in [-0.3, -0.25) is 4.79 Å². The summed E-state index contributed by atoms with van der Waals surface area (Å²) < 4.78 is 49.0. The molecule has 0 aromatic heterocycles. The third kappa shape index (κ3) is 5.68. The van der Waals surface area contributed by atoms with Crippen molar-refractivity contribution in [2.75, 3.05) is 14.2 Å². The average Bonchev–Trinajstić information content (AvgIpc) is 2.92. The zero-order valence-electron chi connectivity index (χ0n) is 21.1. The molecule has 3 aromatic carbocycles. The van der Waals surface area contributed by atoms with E-state index in [0.717, 1.165) is 22.4 Å². The van der Waals surface area contributed by atoms with Gasteiger partial charge in [-0.25, -0.2) is 13.6 Å². The highest BCUT2D eigenvalue weighted by Crippen LogP contribution is 2.41. The molecule has 0 radical (unpaired) electrons. The first-order valence-corrected chi connectivity index (χ1v) is 12.1. The van der Waals surface area contributed by atoms with Crippen molar-refractivity contribution in [2.45, 2.75) is 51.7 Å². The highest BCUT2D eigenvalue weighted by Gasteiger charge is 2.40. The van der Waals surface area contributed by atoms with Crippen molar-refractivity contribution in [1.29, 1.82) is 0 Å². The zero-order chi connectivity index (χ0) is 26.6. The minimum atomic E-state index is -2.83. The summed E-state index contributed by atoms with van der Waals surface area (Å²) in [6.45, 7) is 2.04. The average molecular weight is 513 g/mol. The molecular weight excluding hydrogens is 482 g/mol. The lowest BCUT2D eigenvalue weighted by Gasteiger charge is -2.35. The molecule has 0 N–H and O–H groups in total. The minimum absolute atomic E-state index is 0.00191. The van der Waals surface area contributed by atoms with Gasteiger partial charge in [0, 0.05) is 0 Å². The maximum absolute atomic E-state index is 13.8. The van der Waals surface area contributed by atoms with Gasteiger partial charge in [0.15, 0.2) is 0 Å². The van der Waals surface area contributed by atoms with Gasteiger partial charge in [-0.1, -0.05) is 42.5 Å². The minimum Gasteiger partial charge on any atom is -0.496 e. The van der Waals surface area contributed by atoms with Crippen molar-refractivity contribution in [3.8, 4) is 11.5 Å². The summed E-state index contributed by atoms with van der Waals surface area (Å²) in [6.07, 6.45) is -1.31. The van der Waals surface area contributed by atoms with Gasteiger partial charge in [0.2, 0.25) is 0 Å². The smallest absolute Gasteiger partial charge is 0.341 e. The molecular formula is C29H30F2O6. The normalized spacial score (nSPS) is 19.5. The molecule has 0 heterocycles. The number of ether oxygens (including phenoxy) is 4. The van der Waals surface area contributed by atoms with E-state index in [1.54, 1.807) is 0 Å². The summed E-state index contributed by atoms with van der Waals surface area (Å²) in [4.78, 5) is 25.2. The Labute approximate surface area is 214 Å². The predicted molar refractivity (Wildman–Crippen MR) is 134 cm³/mol. The van der Waals surface area contributed by atoms with Crippen LogP contribution in [0.4, 0.5) is 8.78 Å². The van der Waals surface area contributed by atoms with Crippen molar-refractivity contribution >= 4 is 22.7 Å². The lowest BCUT2D eigenvalue weighted by molar-refractivity contribution is -0.159. The van der Waals surface area contributed by atoms with Crippen molar-refractivity contribution in [2.24, 2.45) is 5.41 Å². The number of methoxy groups -OCH3 is 2. The molecule has 3 aromatic rings. The summed E-state index contributed by atoms with van der Waals surface area (Å²) in [5.41, 5.74) is -0.130. The van der Waals surface area contributed by atoms with Gasteiger partial charge in [0.05, 0.1) is 31.3 Å². The molecule has 8 heteroatoms. The van der Waals surface area contributed by atoms with E-state index in [-0.39, 0.29) is 35.2 Å². The quantitative estimate of drug-likeness (QED) is 0.315. The van der Waals surface area contributed by atoms with Crippen LogP contribution in [0.25, 0.3) is 10.8 Å². The van der Waals surface area contributed by atoms with E-state index in [1.165, 1.54) is 20.3 Å². The molecule has 37 heavy (non-hydrogen) atoms. The number of rotatable bonds is 8. The summed E-state index contributed by atoms with van der Waals surface area (Å²) in [7, 11) is 2.49. The van der Waals surface area contributed by atoms with Crippen molar-refractivity contribution < 1.29 is 37.3 Å². The summed E-state index contributed by atoms with van der Waals surface area (Å²) in [6, 6.07) is 16.2. The molecule has 1 aliphatic rings. The fourth-order valence-corrected chi connectivity index (χ4v) is 4.75. The van der Waals surface area contributed by atoms with Crippen molar-refractivity contribution in [3.05, 3.63) is 71.3 Å². The molecule has 0 unspecified atom stereocenters. The van der Waals surface area contributed by atoms with E-state index in [2.05, 4.69) is 0 Å². The van der Waals surface area contributed by atoms with Crippen LogP contribution in [0.15, 0.2) is 54.6 Å². The number of halogens is 2. The Kier molecular flexibility index (Phi) is 7.95. The maximum Gasteiger partial charge on any atom is 0.341 e. The van der Waals surface area contributed by atoms with Gasteiger partial charge in [-0.15, -0.1) is 0 Å². The number of carbonyl (C=O) groups excluding carboxylic acids is 2. The molecule has 0 bridgehead atoms. The van der Waals surface area contributed by atoms with Crippen LogP contribution in [0.3, 0.4) is 0 Å². The third-order valence-electron chi connectivity index (χ3n) is 7.03. The fourth-order valence-electron chi connectivity index (χ4n) is 4.75. The summed E-state index contributed by atoms with van der Waals surface area (Å²) in [5, 5.41) is 2.12. The Morgan fingerprint density at radius 2 is 1.70 bits per heavy atom. The van der Waals surface area contributed by atoms with Gasteiger partial charge in [-0.05, 0) is 61.1 Å². The first kappa shape index (κ1) is 26.4. The molecule has 6 nitrogen and oxygen atoms in total. The first-order valence-electron chi connectivity index (χ1n) is 12.1. The van der Waals surface area contributed by atoms with Crippen LogP contribution in [-0.2, 0) is 20.9 Å².